The van der Waals surface area contributed by atoms with E-state index in [2.05, 4.69) is 26.3 Å². The van der Waals surface area contributed by atoms with E-state index in [0.29, 0.717) is 10.2 Å². The summed E-state index contributed by atoms with van der Waals surface area (Å²) in [7, 11) is 4.87. The number of rotatable bonds is 7. The minimum Gasteiger partial charge on any atom is -0.493 e. The molecule has 0 unspecified atom stereocenters. The average molecular weight is 382 g/mol. The van der Waals surface area contributed by atoms with Crippen molar-refractivity contribution in [3.63, 3.8) is 0 Å². The molecule has 124 valence electrons. The Morgan fingerprint density at radius 1 is 1.26 bits per heavy atom. The number of nitrogens with zero attached hydrogens (tertiary/aromatic N) is 2. The van der Waals surface area contributed by atoms with Gasteiger partial charge in [0.15, 0.2) is 11.5 Å². The number of aryl methyl sites for hydroxylation is 2. The zero-order valence-electron chi connectivity index (χ0n) is 13.4. The molecule has 7 heteroatoms. The average Bonchev–Trinajstić information content (AvgIpc) is 2.58. The van der Waals surface area contributed by atoms with Crippen LogP contribution in [-0.2, 0) is 13.5 Å². The normalized spacial score (nSPS) is 10.4. The molecule has 0 radical (unpaired) electrons. The summed E-state index contributed by atoms with van der Waals surface area (Å²) in [6, 6.07) is 5.91. The zero-order valence-corrected chi connectivity index (χ0v) is 15.0. The molecule has 0 amide bonds. The fourth-order valence-corrected chi connectivity index (χ4v) is 2.68. The van der Waals surface area contributed by atoms with Crippen molar-refractivity contribution in [1.29, 1.82) is 0 Å². The van der Waals surface area contributed by atoms with Crippen LogP contribution in [-0.4, -0.2) is 30.5 Å². The van der Waals surface area contributed by atoms with Gasteiger partial charge in [-0.25, -0.2) is 4.68 Å². The number of methoxy groups -OCH3 is 2. The maximum atomic E-state index is 11.8. The van der Waals surface area contributed by atoms with Gasteiger partial charge >= 0.3 is 0 Å². The van der Waals surface area contributed by atoms with E-state index in [1.54, 1.807) is 27.5 Å². The first-order chi connectivity index (χ1) is 11.1. The second kappa shape index (κ2) is 8.01. The van der Waals surface area contributed by atoms with E-state index in [9.17, 15) is 4.79 Å². The maximum absolute atomic E-state index is 11.8. The molecule has 0 aliphatic rings. The highest BCUT2D eigenvalue weighted by molar-refractivity contribution is 9.10. The third-order valence-electron chi connectivity index (χ3n) is 3.48. The minimum atomic E-state index is -0.158. The number of ether oxygens (including phenoxy) is 2. The van der Waals surface area contributed by atoms with E-state index < -0.39 is 0 Å². The number of nitrogens with one attached hydrogen (secondary N) is 1. The number of hydrogen-bond acceptors (Lipinski definition) is 5. The Morgan fingerprint density at radius 2 is 2.00 bits per heavy atom. The van der Waals surface area contributed by atoms with Crippen LogP contribution in [0.25, 0.3) is 0 Å². The van der Waals surface area contributed by atoms with E-state index in [1.165, 1.54) is 10.2 Å². The summed E-state index contributed by atoms with van der Waals surface area (Å²) in [5.74, 6) is 1.46. The number of anilines is 1. The highest BCUT2D eigenvalue weighted by Gasteiger charge is 2.07. The van der Waals surface area contributed by atoms with Crippen molar-refractivity contribution >= 4 is 21.6 Å². The largest absolute Gasteiger partial charge is 0.493 e. The van der Waals surface area contributed by atoms with Gasteiger partial charge in [0.05, 0.1) is 26.1 Å². The fraction of sp³-hybridized carbons (Fsp3) is 0.375. The lowest BCUT2D eigenvalue weighted by Crippen LogP contribution is -2.21. The molecule has 0 spiro atoms. The van der Waals surface area contributed by atoms with Crippen molar-refractivity contribution in [1.82, 2.24) is 9.78 Å². The summed E-state index contributed by atoms with van der Waals surface area (Å²) in [5, 5.41) is 7.22. The van der Waals surface area contributed by atoms with E-state index in [-0.39, 0.29) is 5.56 Å². The summed E-state index contributed by atoms with van der Waals surface area (Å²) >= 11 is 3.30. The monoisotopic (exact) mass is 381 g/mol. The highest BCUT2D eigenvalue weighted by Crippen LogP contribution is 2.28. The summed E-state index contributed by atoms with van der Waals surface area (Å²) < 4.78 is 12.3. The number of halogens is 1. The summed E-state index contributed by atoms with van der Waals surface area (Å²) in [4.78, 5) is 11.8. The molecule has 2 rings (SSSR count). The van der Waals surface area contributed by atoms with Crippen molar-refractivity contribution < 1.29 is 9.47 Å². The van der Waals surface area contributed by atoms with Gasteiger partial charge in [0.1, 0.15) is 4.47 Å². The van der Waals surface area contributed by atoms with Gasteiger partial charge < -0.3 is 14.8 Å². The van der Waals surface area contributed by atoms with Crippen LogP contribution in [0.4, 0.5) is 5.69 Å². The SMILES string of the molecule is COc1ccc(CCCNc2cnn(C)c(=O)c2Br)cc1OC. The molecule has 1 N–H and O–H groups in total. The molecule has 23 heavy (non-hydrogen) atoms. The lowest BCUT2D eigenvalue weighted by atomic mass is 10.1. The Morgan fingerprint density at radius 3 is 2.70 bits per heavy atom. The van der Waals surface area contributed by atoms with Crippen molar-refractivity contribution in [3.8, 4) is 11.5 Å². The Kier molecular flexibility index (Phi) is 6.04. The molecule has 0 fully saturated rings. The van der Waals surface area contributed by atoms with Crippen LogP contribution in [0.3, 0.4) is 0 Å². The first-order valence-electron chi connectivity index (χ1n) is 7.23. The van der Waals surface area contributed by atoms with Gasteiger partial charge in [0.2, 0.25) is 0 Å². The molecule has 0 aliphatic heterocycles. The third-order valence-corrected chi connectivity index (χ3v) is 4.25. The van der Waals surface area contributed by atoms with Crippen molar-refractivity contribution in [2.75, 3.05) is 26.1 Å². The highest BCUT2D eigenvalue weighted by atomic mass is 79.9. The summed E-state index contributed by atoms with van der Waals surface area (Å²) in [6.07, 6.45) is 3.45. The van der Waals surface area contributed by atoms with E-state index in [0.717, 1.165) is 30.9 Å². The van der Waals surface area contributed by atoms with Gasteiger partial charge in [-0.1, -0.05) is 6.07 Å². The van der Waals surface area contributed by atoms with Gasteiger partial charge in [-0.15, -0.1) is 0 Å². The molecule has 0 atom stereocenters. The summed E-state index contributed by atoms with van der Waals surface area (Å²) in [5.41, 5.74) is 1.72. The van der Waals surface area contributed by atoms with Gasteiger partial charge in [-0.2, -0.15) is 5.10 Å². The lowest BCUT2D eigenvalue weighted by molar-refractivity contribution is 0.354. The van der Waals surface area contributed by atoms with Crippen LogP contribution in [0.1, 0.15) is 12.0 Å². The number of benzene rings is 1. The fourth-order valence-electron chi connectivity index (χ4n) is 2.19. The third kappa shape index (κ3) is 4.25. The summed E-state index contributed by atoms with van der Waals surface area (Å²) in [6.45, 7) is 0.738. The maximum Gasteiger partial charge on any atom is 0.282 e. The molecule has 1 aromatic carbocycles. The Balaban J connectivity index is 1.91. The molecule has 0 bridgehead atoms. The van der Waals surface area contributed by atoms with E-state index >= 15 is 0 Å². The van der Waals surface area contributed by atoms with Crippen molar-refractivity contribution in [2.45, 2.75) is 12.8 Å². The Labute approximate surface area is 143 Å². The van der Waals surface area contributed by atoms with Crippen LogP contribution < -0.4 is 20.3 Å². The Hall–Kier alpha value is -2.02. The van der Waals surface area contributed by atoms with Gasteiger partial charge in [-0.3, -0.25) is 4.79 Å². The van der Waals surface area contributed by atoms with Crippen molar-refractivity contribution in [3.05, 3.63) is 44.8 Å². The number of hydrogen-bond donors (Lipinski definition) is 1. The number of aromatic nitrogens is 2. The predicted octanol–water partition coefficient (Wildman–Crippen LogP) is 2.60. The van der Waals surface area contributed by atoms with Gasteiger partial charge in [0, 0.05) is 13.6 Å². The molecule has 0 aliphatic carbocycles. The van der Waals surface area contributed by atoms with Gasteiger partial charge in [0.25, 0.3) is 5.56 Å². The van der Waals surface area contributed by atoms with E-state index in [4.69, 9.17) is 9.47 Å². The van der Waals surface area contributed by atoms with Crippen LogP contribution in [0, 0.1) is 0 Å². The second-order valence-electron chi connectivity index (χ2n) is 5.02. The Bertz CT molecular complexity index is 731. The predicted molar refractivity (Wildman–Crippen MR) is 93.5 cm³/mol. The van der Waals surface area contributed by atoms with Crippen LogP contribution in [0.5, 0.6) is 11.5 Å². The smallest absolute Gasteiger partial charge is 0.282 e. The minimum absolute atomic E-state index is 0.158. The molecule has 1 heterocycles. The van der Waals surface area contributed by atoms with E-state index in [1.807, 2.05) is 18.2 Å². The first kappa shape index (κ1) is 17.3. The quantitative estimate of drug-likeness (QED) is 0.746. The lowest BCUT2D eigenvalue weighted by Gasteiger charge is -2.11. The molecular formula is C16H20BrN3O3. The van der Waals surface area contributed by atoms with Crippen LogP contribution in [0.15, 0.2) is 33.7 Å². The van der Waals surface area contributed by atoms with Crippen LogP contribution in [0.2, 0.25) is 0 Å². The molecular weight excluding hydrogens is 362 g/mol. The molecule has 0 saturated carbocycles. The topological polar surface area (TPSA) is 65.4 Å². The van der Waals surface area contributed by atoms with Crippen LogP contribution >= 0.6 is 15.9 Å². The molecule has 6 nitrogen and oxygen atoms in total. The van der Waals surface area contributed by atoms with Gasteiger partial charge in [-0.05, 0) is 46.5 Å². The van der Waals surface area contributed by atoms with Crippen molar-refractivity contribution in [2.24, 2.45) is 7.05 Å². The molecule has 0 saturated heterocycles. The molecule has 1 aromatic heterocycles. The molecule has 2 aromatic rings. The first-order valence-corrected chi connectivity index (χ1v) is 8.02. The second-order valence-corrected chi connectivity index (χ2v) is 5.81. The standard InChI is InChI=1S/C16H20BrN3O3/c1-20-16(21)15(17)12(10-19-20)18-8-4-5-11-6-7-13(22-2)14(9-11)23-3/h6-7,9-10,18H,4-5,8H2,1-3H3. The zero-order chi connectivity index (χ0) is 16.8.